The zero-order chi connectivity index (χ0) is 20.7. The molecule has 0 aliphatic carbocycles. The first-order valence-electron chi connectivity index (χ1n) is 9.85. The molecule has 1 N–H and O–H groups in total. The SMILES string of the molecule is CC(C)c1c2cc(-c3ccnc(Nc4ccc5cncnc5c4)n3)ccc2nn1C. The van der Waals surface area contributed by atoms with Crippen molar-refractivity contribution in [1.82, 2.24) is 29.7 Å². The lowest BCUT2D eigenvalue weighted by Crippen LogP contribution is -1.99. The Bertz CT molecular complexity index is 1370. The molecule has 0 radical (unpaired) electrons. The van der Waals surface area contributed by atoms with Crippen molar-refractivity contribution in [3.8, 4) is 11.3 Å². The number of nitrogens with zero attached hydrogens (tertiary/aromatic N) is 6. The van der Waals surface area contributed by atoms with Crippen LogP contribution in [0, 0.1) is 0 Å². The summed E-state index contributed by atoms with van der Waals surface area (Å²) in [6, 6.07) is 14.1. The summed E-state index contributed by atoms with van der Waals surface area (Å²) in [7, 11) is 2.00. The monoisotopic (exact) mass is 395 g/mol. The van der Waals surface area contributed by atoms with Gasteiger partial charge in [0.05, 0.1) is 16.7 Å². The molecule has 0 aliphatic heterocycles. The van der Waals surface area contributed by atoms with E-state index in [1.54, 1.807) is 18.7 Å². The van der Waals surface area contributed by atoms with Crippen molar-refractivity contribution in [3.05, 3.63) is 66.9 Å². The van der Waals surface area contributed by atoms with Gasteiger partial charge in [0.15, 0.2) is 0 Å². The van der Waals surface area contributed by atoms with Crippen LogP contribution in [0.3, 0.4) is 0 Å². The van der Waals surface area contributed by atoms with Crippen molar-refractivity contribution >= 4 is 33.4 Å². The molecule has 3 aromatic heterocycles. The van der Waals surface area contributed by atoms with Gasteiger partial charge in [-0.2, -0.15) is 5.10 Å². The topological polar surface area (TPSA) is 81.4 Å². The van der Waals surface area contributed by atoms with E-state index in [0.29, 0.717) is 11.9 Å². The normalized spacial score (nSPS) is 11.5. The first-order valence-corrected chi connectivity index (χ1v) is 9.85. The van der Waals surface area contributed by atoms with Crippen LogP contribution in [0.2, 0.25) is 0 Å². The Morgan fingerprint density at radius 1 is 0.967 bits per heavy atom. The van der Waals surface area contributed by atoms with E-state index in [-0.39, 0.29) is 0 Å². The second-order valence-electron chi connectivity index (χ2n) is 7.58. The summed E-state index contributed by atoms with van der Waals surface area (Å²) in [6.07, 6.45) is 5.11. The molecule has 2 aromatic carbocycles. The van der Waals surface area contributed by atoms with Crippen molar-refractivity contribution in [3.63, 3.8) is 0 Å². The molecule has 3 heterocycles. The lowest BCUT2D eigenvalue weighted by Gasteiger charge is -2.09. The third kappa shape index (κ3) is 3.24. The van der Waals surface area contributed by atoms with E-state index in [2.05, 4.69) is 57.4 Å². The number of rotatable bonds is 4. The zero-order valence-electron chi connectivity index (χ0n) is 17.0. The van der Waals surface area contributed by atoms with E-state index < -0.39 is 0 Å². The third-order valence-corrected chi connectivity index (χ3v) is 5.14. The second kappa shape index (κ2) is 7.18. The van der Waals surface area contributed by atoms with Crippen LogP contribution in [-0.4, -0.2) is 29.7 Å². The van der Waals surface area contributed by atoms with Crippen LogP contribution in [-0.2, 0) is 7.05 Å². The number of hydrogen-bond acceptors (Lipinski definition) is 6. The van der Waals surface area contributed by atoms with Crippen LogP contribution in [0.4, 0.5) is 11.6 Å². The predicted molar refractivity (Wildman–Crippen MR) is 119 cm³/mol. The van der Waals surface area contributed by atoms with Gasteiger partial charge in [-0.3, -0.25) is 4.68 Å². The highest BCUT2D eigenvalue weighted by Gasteiger charge is 2.14. The predicted octanol–water partition coefficient (Wildman–Crippen LogP) is 4.84. The van der Waals surface area contributed by atoms with Crippen LogP contribution in [0.1, 0.15) is 25.5 Å². The first-order chi connectivity index (χ1) is 14.6. The van der Waals surface area contributed by atoms with Gasteiger partial charge in [-0.25, -0.2) is 19.9 Å². The minimum atomic E-state index is 0.384. The van der Waals surface area contributed by atoms with Gasteiger partial charge in [-0.05, 0) is 42.3 Å². The number of aryl methyl sites for hydroxylation is 1. The lowest BCUT2D eigenvalue weighted by atomic mass is 10.0. The highest BCUT2D eigenvalue weighted by Crippen LogP contribution is 2.29. The first kappa shape index (κ1) is 18.2. The molecule has 30 heavy (non-hydrogen) atoms. The molecule has 0 unspecified atom stereocenters. The third-order valence-electron chi connectivity index (χ3n) is 5.14. The molecule has 0 bridgehead atoms. The Balaban J connectivity index is 1.50. The second-order valence-corrected chi connectivity index (χ2v) is 7.58. The molecule has 5 aromatic rings. The number of aromatic nitrogens is 6. The van der Waals surface area contributed by atoms with Gasteiger partial charge in [0.2, 0.25) is 5.95 Å². The molecular formula is C23H21N7. The Kier molecular flexibility index (Phi) is 4.35. The molecule has 0 fully saturated rings. The number of anilines is 2. The van der Waals surface area contributed by atoms with Crippen LogP contribution in [0.25, 0.3) is 33.1 Å². The molecule has 7 nitrogen and oxygen atoms in total. The maximum atomic E-state index is 4.72. The fourth-order valence-corrected chi connectivity index (χ4v) is 3.82. The summed E-state index contributed by atoms with van der Waals surface area (Å²) < 4.78 is 1.97. The molecular weight excluding hydrogens is 374 g/mol. The van der Waals surface area contributed by atoms with Crippen molar-refractivity contribution in [1.29, 1.82) is 0 Å². The highest BCUT2D eigenvalue weighted by atomic mass is 15.3. The molecule has 0 saturated carbocycles. The summed E-state index contributed by atoms with van der Waals surface area (Å²) in [5, 5.41) is 10.1. The molecule has 7 heteroatoms. The van der Waals surface area contributed by atoms with Crippen molar-refractivity contribution in [2.45, 2.75) is 19.8 Å². The smallest absolute Gasteiger partial charge is 0.227 e. The summed E-state index contributed by atoms with van der Waals surface area (Å²) in [5.74, 6) is 0.922. The fourth-order valence-electron chi connectivity index (χ4n) is 3.82. The number of nitrogens with one attached hydrogen (secondary N) is 1. The molecule has 0 amide bonds. The van der Waals surface area contributed by atoms with E-state index in [9.17, 15) is 0 Å². The van der Waals surface area contributed by atoms with E-state index >= 15 is 0 Å². The Labute approximate surface area is 173 Å². The zero-order valence-corrected chi connectivity index (χ0v) is 17.0. The van der Waals surface area contributed by atoms with Gasteiger partial charge in [0.25, 0.3) is 0 Å². The summed E-state index contributed by atoms with van der Waals surface area (Å²) in [5.41, 5.74) is 5.86. The molecule has 0 atom stereocenters. The van der Waals surface area contributed by atoms with Gasteiger partial charge in [0.1, 0.15) is 6.33 Å². The average molecular weight is 395 g/mol. The molecule has 0 saturated heterocycles. The van der Waals surface area contributed by atoms with Gasteiger partial charge in [-0.1, -0.05) is 19.9 Å². The van der Waals surface area contributed by atoms with Gasteiger partial charge < -0.3 is 5.32 Å². The molecule has 148 valence electrons. The largest absolute Gasteiger partial charge is 0.324 e. The van der Waals surface area contributed by atoms with Crippen molar-refractivity contribution in [2.24, 2.45) is 7.05 Å². The number of hydrogen-bond donors (Lipinski definition) is 1. The quantitative estimate of drug-likeness (QED) is 0.469. The van der Waals surface area contributed by atoms with Crippen molar-refractivity contribution in [2.75, 3.05) is 5.32 Å². The maximum absolute atomic E-state index is 4.72. The van der Waals surface area contributed by atoms with Gasteiger partial charge in [0, 0.05) is 47.2 Å². The van der Waals surface area contributed by atoms with E-state index in [1.807, 2.05) is 36.0 Å². The van der Waals surface area contributed by atoms with Crippen LogP contribution in [0.5, 0.6) is 0 Å². The number of benzene rings is 2. The lowest BCUT2D eigenvalue weighted by molar-refractivity contribution is 0.677. The Hall–Kier alpha value is -3.87. The van der Waals surface area contributed by atoms with Crippen LogP contribution >= 0.6 is 0 Å². The fraction of sp³-hybridized carbons (Fsp3) is 0.174. The Morgan fingerprint density at radius 2 is 1.87 bits per heavy atom. The Morgan fingerprint density at radius 3 is 2.73 bits per heavy atom. The molecule has 5 rings (SSSR count). The summed E-state index contributed by atoms with van der Waals surface area (Å²) in [4.78, 5) is 17.5. The number of fused-ring (bicyclic) bond motifs is 2. The molecule has 0 spiro atoms. The van der Waals surface area contributed by atoms with E-state index in [4.69, 9.17) is 4.98 Å². The van der Waals surface area contributed by atoms with Gasteiger partial charge in [-0.15, -0.1) is 0 Å². The maximum Gasteiger partial charge on any atom is 0.227 e. The van der Waals surface area contributed by atoms with Crippen molar-refractivity contribution < 1.29 is 0 Å². The summed E-state index contributed by atoms with van der Waals surface area (Å²) in [6.45, 7) is 4.37. The molecule has 0 aliphatic rings. The van der Waals surface area contributed by atoms with E-state index in [1.165, 1.54) is 5.69 Å². The standard InChI is InChI=1S/C23H21N7/c1-14(2)22-18-10-15(5-7-20(18)29-30(22)3)19-8-9-25-23(28-19)27-17-6-4-16-12-24-13-26-21(16)11-17/h4-14H,1-3H3,(H,25,27,28). The highest BCUT2D eigenvalue weighted by molar-refractivity contribution is 5.87. The van der Waals surface area contributed by atoms with Crippen LogP contribution < -0.4 is 5.32 Å². The minimum absolute atomic E-state index is 0.384. The van der Waals surface area contributed by atoms with Gasteiger partial charge >= 0.3 is 0 Å². The minimum Gasteiger partial charge on any atom is -0.324 e. The average Bonchev–Trinajstić information content (AvgIpc) is 3.09. The van der Waals surface area contributed by atoms with Crippen LogP contribution in [0.15, 0.2) is 61.2 Å². The van der Waals surface area contributed by atoms with E-state index in [0.717, 1.165) is 38.8 Å². The summed E-state index contributed by atoms with van der Waals surface area (Å²) >= 11 is 0.